The van der Waals surface area contributed by atoms with Crippen LogP contribution in [0.15, 0.2) is 0 Å². The van der Waals surface area contributed by atoms with E-state index in [0.29, 0.717) is 9.84 Å². The average Bonchev–Trinajstić information content (AvgIpc) is 1.65. The van der Waals surface area contributed by atoms with Crippen molar-refractivity contribution in [3.8, 4) is 0 Å². The van der Waals surface area contributed by atoms with Crippen LogP contribution in [0.25, 0.3) is 0 Å². The lowest BCUT2D eigenvalue weighted by Crippen LogP contribution is -2.09. The van der Waals surface area contributed by atoms with Gasteiger partial charge < -0.3 is 0 Å². The molecule has 0 N–H and O–H groups in total. The second-order valence-corrected chi connectivity index (χ2v) is 3.53. The van der Waals surface area contributed by atoms with E-state index in [2.05, 4.69) is 36.4 Å². The number of hydrogen-bond donors (Lipinski definition) is 0. The van der Waals surface area contributed by atoms with Gasteiger partial charge in [0.25, 0.3) is 0 Å². The molecule has 0 bridgehead atoms. The maximum atomic E-state index is 10.1. The van der Waals surface area contributed by atoms with Crippen LogP contribution < -0.4 is 0 Å². The minimum absolute atomic E-state index is 0.0538. The van der Waals surface area contributed by atoms with E-state index in [-0.39, 0.29) is 6.61 Å². The topological polar surface area (TPSA) is 19.9 Å². The Bertz CT molecular complexity index is 45.3. The van der Waals surface area contributed by atoms with Crippen LogP contribution in [0, 0.1) is 5.92 Å². The van der Waals surface area contributed by atoms with E-state index in [4.69, 9.17) is 0 Å². The molecule has 0 aromatic carbocycles. The molecular weight excluding hydrogens is 203 g/mol. The van der Waals surface area contributed by atoms with Gasteiger partial charge in [-0.1, -0.05) is 36.4 Å². The standard InChI is InChI=1S/C5H10IO/c1-4(2)5(6)3-7/h4-5H,3H2,1-2H3. The summed E-state index contributed by atoms with van der Waals surface area (Å²) in [5.41, 5.74) is 0. The molecular formula is C5H10IO. The zero-order chi connectivity index (χ0) is 5.86. The largest absolute Gasteiger partial charge is 0.236 e. The second kappa shape index (κ2) is 3.66. The first-order valence-electron chi connectivity index (χ1n) is 2.40. The third-order valence-corrected chi connectivity index (χ3v) is 2.68. The Balaban J connectivity index is 3.14. The highest BCUT2D eigenvalue weighted by molar-refractivity contribution is 14.1. The fourth-order valence-electron chi connectivity index (χ4n) is 0.192. The van der Waals surface area contributed by atoms with Crippen LogP contribution in [0.5, 0.6) is 0 Å². The Kier molecular flexibility index (Phi) is 4.02. The monoisotopic (exact) mass is 213 g/mol. The van der Waals surface area contributed by atoms with Gasteiger partial charge in [0.2, 0.25) is 0 Å². The van der Waals surface area contributed by atoms with Gasteiger partial charge in [-0.05, 0) is 5.92 Å². The van der Waals surface area contributed by atoms with Gasteiger partial charge in [0.1, 0.15) is 0 Å². The summed E-state index contributed by atoms with van der Waals surface area (Å²) >= 11 is 2.18. The van der Waals surface area contributed by atoms with Crippen molar-refractivity contribution in [2.75, 3.05) is 6.61 Å². The summed E-state index contributed by atoms with van der Waals surface area (Å²) in [6, 6.07) is 0. The fraction of sp³-hybridized carbons (Fsp3) is 1.00. The Morgan fingerprint density at radius 3 is 2.00 bits per heavy atom. The quantitative estimate of drug-likeness (QED) is 0.493. The molecule has 0 aliphatic heterocycles. The molecule has 0 saturated carbocycles. The average molecular weight is 213 g/mol. The molecule has 0 fully saturated rings. The normalized spacial score (nSPS) is 15.0. The van der Waals surface area contributed by atoms with E-state index < -0.39 is 0 Å². The van der Waals surface area contributed by atoms with E-state index in [9.17, 15) is 5.11 Å². The minimum atomic E-state index is 0.0538. The molecule has 0 aliphatic rings. The molecule has 0 rings (SSSR count). The molecule has 1 nitrogen and oxygen atoms in total. The van der Waals surface area contributed by atoms with Crippen molar-refractivity contribution in [3.63, 3.8) is 0 Å². The molecule has 0 aliphatic carbocycles. The molecule has 0 aromatic heterocycles. The predicted molar refractivity (Wildman–Crippen MR) is 38.2 cm³/mol. The van der Waals surface area contributed by atoms with E-state index in [0.717, 1.165) is 0 Å². The summed E-state index contributed by atoms with van der Waals surface area (Å²) in [6.45, 7) is 4.18. The first-order valence-corrected chi connectivity index (χ1v) is 3.65. The van der Waals surface area contributed by atoms with Crippen molar-refractivity contribution in [1.29, 1.82) is 0 Å². The van der Waals surface area contributed by atoms with Crippen molar-refractivity contribution < 1.29 is 5.11 Å². The Morgan fingerprint density at radius 1 is 1.57 bits per heavy atom. The van der Waals surface area contributed by atoms with Crippen LogP contribution >= 0.6 is 22.6 Å². The molecule has 2 heteroatoms. The maximum absolute atomic E-state index is 10.1. The van der Waals surface area contributed by atoms with Gasteiger partial charge >= 0.3 is 0 Å². The van der Waals surface area contributed by atoms with Crippen LogP contribution in [0.4, 0.5) is 0 Å². The summed E-state index contributed by atoms with van der Waals surface area (Å²) in [7, 11) is 0. The van der Waals surface area contributed by atoms with Crippen molar-refractivity contribution in [2.45, 2.75) is 17.8 Å². The first-order chi connectivity index (χ1) is 3.18. The van der Waals surface area contributed by atoms with E-state index in [1.807, 2.05) is 0 Å². The molecule has 0 spiro atoms. The number of rotatable bonds is 2. The third kappa shape index (κ3) is 3.29. The van der Waals surface area contributed by atoms with Gasteiger partial charge in [-0.2, -0.15) is 0 Å². The molecule has 1 atom stereocenters. The van der Waals surface area contributed by atoms with Gasteiger partial charge in [-0.3, -0.25) is 0 Å². The van der Waals surface area contributed by atoms with E-state index >= 15 is 0 Å². The molecule has 1 radical (unpaired) electrons. The number of alkyl halides is 1. The Labute approximate surface area is 58.3 Å². The minimum Gasteiger partial charge on any atom is -0.236 e. The van der Waals surface area contributed by atoms with Gasteiger partial charge in [0.05, 0.1) is 6.61 Å². The van der Waals surface area contributed by atoms with Crippen molar-refractivity contribution in [3.05, 3.63) is 0 Å². The van der Waals surface area contributed by atoms with Crippen LogP contribution in [0.2, 0.25) is 0 Å². The fourth-order valence-corrected chi connectivity index (χ4v) is 0.192. The lowest BCUT2D eigenvalue weighted by atomic mass is 10.1. The number of hydrogen-bond acceptors (Lipinski definition) is 0. The van der Waals surface area contributed by atoms with Crippen LogP contribution in [-0.2, 0) is 5.11 Å². The zero-order valence-electron chi connectivity index (χ0n) is 4.65. The molecule has 0 amide bonds. The van der Waals surface area contributed by atoms with Gasteiger partial charge in [0, 0.05) is 3.92 Å². The van der Waals surface area contributed by atoms with Crippen molar-refractivity contribution in [1.82, 2.24) is 0 Å². The van der Waals surface area contributed by atoms with Crippen LogP contribution in [0.1, 0.15) is 13.8 Å². The second-order valence-electron chi connectivity index (χ2n) is 1.93. The Hall–Kier alpha value is 0.690. The molecule has 0 heterocycles. The summed E-state index contributed by atoms with van der Waals surface area (Å²) in [6.07, 6.45) is 0. The summed E-state index contributed by atoms with van der Waals surface area (Å²) in [5.74, 6) is 0.540. The SMILES string of the molecule is CC(C)C(I)C[O]. The van der Waals surface area contributed by atoms with Crippen LogP contribution in [0.3, 0.4) is 0 Å². The lowest BCUT2D eigenvalue weighted by Gasteiger charge is -2.06. The maximum Gasteiger partial charge on any atom is 0.0942 e. The van der Waals surface area contributed by atoms with Gasteiger partial charge in [0.15, 0.2) is 0 Å². The molecule has 0 saturated heterocycles. The van der Waals surface area contributed by atoms with Gasteiger partial charge in [-0.15, -0.1) is 0 Å². The molecule has 7 heavy (non-hydrogen) atoms. The smallest absolute Gasteiger partial charge is 0.0942 e. The number of halogens is 1. The van der Waals surface area contributed by atoms with Crippen molar-refractivity contribution >= 4 is 22.6 Å². The highest BCUT2D eigenvalue weighted by Gasteiger charge is 2.05. The summed E-state index contributed by atoms with van der Waals surface area (Å²) < 4.78 is 0.317. The van der Waals surface area contributed by atoms with E-state index in [1.54, 1.807) is 0 Å². The predicted octanol–water partition coefficient (Wildman–Crippen LogP) is 1.88. The molecule has 1 unspecified atom stereocenters. The zero-order valence-corrected chi connectivity index (χ0v) is 6.81. The van der Waals surface area contributed by atoms with Gasteiger partial charge in [-0.25, -0.2) is 5.11 Å². The van der Waals surface area contributed by atoms with Crippen molar-refractivity contribution in [2.24, 2.45) is 5.92 Å². The van der Waals surface area contributed by atoms with Crippen LogP contribution in [-0.4, -0.2) is 10.5 Å². The first kappa shape index (κ1) is 7.69. The highest BCUT2D eigenvalue weighted by atomic mass is 127. The summed E-state index contributed by atoms with van der Waals surface area (Å²) in [5, 5.41) is 10.1. The summed E-state index contributed by atoms with van der Waals surface area (Å²) in [4.78, 5) is 0. The lowest BCUT2D eigenvalue weighted by molar-refractivity contribution is 0.186. The highest BCUT2D eigenvalue weighted by Crippen LogP contribution is 2.10. The Morgan fingerprint density at radius 2 is 2.00 bits per heavy atom. The molecule has 43 valence electrons. The third-order valence-electron chi connectivity index (χ3n) is 0.883. The van der Waals surface area contributed by atoms with E-state index in [1.165, 1.54) is 0 Å². The molecule has 0 aromatic rings.